The van der Waals surface area contributed by atoms with Crippen molar-refractivity contribution in [2.24, 2.45) is 0 Å². The summed E-state index contributed by atoms with van der Waals surface area (Å²) in [5.74, 6) is -1.66. The number of hydrogen-bond acceptors (Lipinski definition) is 4. The first-order valence-electron chi connectivity index (χ1n) is 6.35. The molecule has 1 aromatic rings. The average Bonchev–Trinajstić information content (AvgIpc) is 2.38. The van der Waals surface area contributed by atoms with Gasteiger partial charge in [0, 0.05) is 18.0 Å². The molecule has 2 N–H and O–H groups in total. The Morgan fingerprint density at radius 1 is 1.43 bits per heavy atom. The van der Waals surface area contributed by atoms with Gasteiger partial charge in [-0.05, 0) is 31.5 Å². The second-order valence-corrected chi connectivity index (χ2v) is 6.15. The highest BCUT2D eigenvalue weighted by Gasteiger charge is 2.15. The molecular formula is C14H19NO5S. The molecule has 6 nitrogen and oxygen atoms in total. The number of methoxy groups -OCH3 is 1. The molecule has 0 heterocycles. The number of rotatable bonds is 7. The SMILES string of the molecule is COCC(C)NC(=O)CS(=O)c1ccc(C)c(C(=O)O)c1. The number of hydrogen-bond donors (Lipinski definition) is 2. The molecule has 0 bridgehead atoms. The van der Waals surface area contributed by atoms with Gasteiger partial charge in [0.2, 0.25) is 5.91 Å². The molecule has 0 aliphatic rings. The van der Waals surface area contributed by atoms with Gasteiger partial charge in [0.25, 0.3) is 0 Å². The van der Waals surface area contributed by atoms with Crippen molar-refractivity contribution in [1.29, 1.82) is 0 Å². The normalized spacial score (nSPS) is 13.5. The molecule has 2 unspecified atom stereocenters. The quantitative estimate of drug-likeness (QED) is 0.782. The highest BCUT2D eigenvalue weighted by atomic mass is 32.2. The lowest BCUT2D eigenvalue weighted by molar-refractivity contribution is -0.119. The maximum absolute atomic E-state index is 12.1. The van der Waals surface area contributed by atoms with Crippen molar-refractivity contribution in [2.75, 3.05) is 19.5 Å². The number of nitrogens with one attached hydrogen (secondary N) is 1. The van der Waals surface area contributed by atoms with E-state index in [1.165, 1.54) is 13.2 Å². The summed E-state index contributed by atoms with van der Waals surface area (Å²) < 4.78 is 17.0. The Morgan fingerprint density at radius 2 is 2.10 bits per heavy atom. The van der Waals surface area contributed by atoms with Crippen LogP contribution in [0.15, 0.2) is 23.1 Å². The van der Waals surface area contributed by atoms with Crippen molar-refractivity contribution in [1.82, 2.24) is 5.32 Å². The first-order valence-corrected chi connectivity index (χ1v) is 7.67. The molecule has 1 rings (SSSR count). The van der Waals surface area contributed by atoms with Gasteiger partial charge < -0.3 is 15.2 Å². The summed E-state index contributed by atoms with van der Waals surface area (Å²) in [7, 11) is -0.0568. The number of benzene rings is 1. The molecule has 7 heteroatoms. The van der Waals surface area contributed by atoms with Crippen LogP contribution in [0.25, 0.3) is 0 Å². The highest BCUT2D eigenvalue weighted by molar-refractivity contribution is 7.85. The molecular weight excluding hydrogens is 294 g/mol. The van der Waals surface area contributed by atoms with E-state index in [2.05, 4.69) is 5.32 Å². The van der Waals surface area contributed by atoms with Crippen LogP contribution in [0.1, 0.15) is 22.8 Å². The molecule has 116 valence electrons. The minimum Gasteiger partial charge on any atom is -0.478 e. The third-order valence-corrected chi connectivity index (χ3v) is 4.09. The van der Waals surface area contributed by atoms with Crippen molar-refractivity contribution in [2.45, 2.75) is 24.8 Å². The summed E-state index contributed by atoms with van der Waals surface area (Å²) in [6.45, 7) is 3.81. The fourth-order valence-electron chi connectivity index (χ4n) is 1.78. The van der Waals surface area contributed by atoms with E-state index >= 15 is 0 Å². The van der Waals surface area contributed by atoms with E-state index in [1.54, 1.807) is 26.0 Å². The van der Waals surface area contributed by atoms with Crippen LogP contribution in [0, 0.1) is 6.92 Å². The van der Waals surface area contributed by atoms with E-state index in [4.69, 9.17) is 9.84 Å². The maximum Gasteiger partial charge on any atom is 0.335 e. The van der Waals surface area contributed by atoms with Gasteiger partial charge in [-0.25, -0.2) is 4.79 Å². The number of carbonyl (C=O) groups is 2. The molecule has 0 fully saturated rings. The van der Waals surface area contributed by atoms with Crippen LogP contribution in [0.5, 0.6) is 0 Å². The number of amides is 1. The topological polar surface area (TPSA) is 92.7 Å². The van der Waals surface area contributed by atoms with Gasteiger partial charge in [-0.15, -0.1) is 0 Å². The van der Waals surface area contributed by atoms with Crippen molar-refractivity contribution >= 4 is 22.7 Å². The van der Waals surface area contributed by atoms with Crippen molar-refractivity contribution in [3.05, 3.63) is 29.3 Å². The monoisotopic (exact) mass is 313 g/mol. The molecule has 0 aromatic heterocycles. The minimum absolute atomic E-state index is 0.0917. The lowest BCUT2D eigenvalue weighted by atomic mass is 10.1. The second kappa shape index (κ2) is 7.90. The Labute approximate surface area is 126 Å². The van der Waals surface area contributed by atoms with E-state index in [0.717, 1.165) is 0 Å². The molecule has 0 aliphatic heterocycles. The zero-order valence-electron chi connectivity index (χ0n) is 12.2. The number of aryl methyl sites for hydroxylation is 1. The summed E-state index contributed by atoms with van der Waals surface area (Å²) >= 11 is 0. The number of ether oxygens (including phenoxy) is 1. The van der Waals surface area contributed by atoms with Crippen molar-refractivity contribution < 1.29 is 23.6 Å². The van der Waals surface area contributed by atoms with Gasteiger partial charge in [0.05, 0.1) is 23.0 Å². The van der Waals surface area contributed by atoms with Crippen LogP contribution in [-0.2, 0) is 20.3 Å². The number of carbonyl (C=O) groups excluding carboxylic acids is 1. The predicted octanol–water partition coefficient (Wildman–Crippen LogP) is 0.952. The smallest absolute Gasteiger partial charge is 0.335 e. The number of carboxylic acid groups (broad SMARTS) is 1. The average molecular weight is 313 g/mol. The molecule has 0 saturated heterocycles. The molecule has 0 radical (unpaired) electrons. The Kier molecular flexibility index (Phi) is 6.51. The van der Waals surface area contributed by atoms with E-state index in [9.17, 15) is 13.8 Å². The number of carboxylic acids is 1. The molecule has 21 heavy (non-hydrogen) atoms. The third-order valence-electron chi connectivity index (χ3n) is 2.79. The summed E-state index contributed by atoms with van der Waals surface area (Å²) in [6, 6.07) is 4.33. The summed E-state index contributed by atoms with van der Waals surface area (Å²) in [6.07, 6.45) is 0. The van der Waals surface area contributed by atoms with Crippen LogP contribution < -0.4 is 5.32 Å². The van der Waals surface area contributed by atoms with Crippen LogP contribution in [-0.4, -0.2) is 46.7 Å². The third kappa shape index (κ3) is 5.28. The molecule has 0 spiro atoms. The molecule has 1 aromatic carbocycles. The molecule has 2 atom stereocenters. The van der Waals surface area contributed by atoms with Crippen molar-refractivity contribution in [3.8, 4) is 0 Å². The van der Waals surface area contributed by atoms with E-state index in [-0.39, 0.29) is 23.3 Å². The Hall–Kier alpha value is -1.73. The highest BCUT2D eigenvalue weighted by Crippen LogP contribution is 2.14. The predicted molar refractivity (Wildman–Crippen MR) is 78.9 cm³/mol. The van der Waals surface area contributed by atoms with Crippen molar-refractivity contribution in [3.63, 3.8) is 0 Å². The van der Waals surface area contributed by atoms with Gasteiger partial charge in [0.1, 0.15) is 5.75 Å². The van der Waals surface area contributed by atoms with E-state index in [0.29, 0.717) is 17.1 Å². The second-order valence-electron chi connectivity index (χ2n) is 4.70. The van der Waals surface area contributed by atoms with Gasteiger partial charge in [-0.3, -0.25) is 9.00 Å². The van der Waals surface area contributed by atoms with Gasteiger partial charge >= 0.3 is 5.97 Å². The van der Waals surface area contributed by atoms with E-state index in [1.807, 2.05) is 0 Å². The first kappa shape index (κ1) is 17.3. The zero-order valence-corrected chi connectivity index (χ0v) is 13.0. The minimum atomic E-state index is -1.59. The summed E-state index contributed by atoms with van der Waals surface area (Å²) in [4.78, 5) is 23.1. The standard InChI is InChI=1S/C14H19NO5S/c1-9-4-5-11(6-12(9)14(17)18)21(19)8-13(16)15-10(2)7-20-3/h4-6,10H,7-8H2,1-3H3,(H,15,16)(H,17,18). The lowest BCUT2D eigenvalue weighted by Crippen LogP contribution is -2.38. The fourth-order valence-corrected chi connectivity index (χ4v) is 2.74. The van der Waals surface area contributed by atoms with Crippen LogP contribution in [0.4, 0.5) is 0 Å². The summed E-state index contributed by atoms with van der Waals surface area (Å²) in [5.41, 5.74) is 0.676. The summed E-state index contributed by atoms with van der Waals surface area (Å²) in [5, 5.41) is 11.7. The van der Waals surface area contributed by atoms with Gasteiger partial charge in [-0.1, -0.05) is 6.07 Å². The molecule has 0 aliphatic carbocycles. The van der Waals surface area contributed by atoms with E-state index < -0.39 is 16.8 Å². The number of aromatic carboxylic acids is 1. The largest absolute Gasteiger partial charge is 0.478 e. The van der Waals surface area contributed by atoms with Crippen LogP contribution in [0.2, 0.25) is 0 Å². The Bertz CT molecular complexity index is 558. The van der Waals surface area contributed by atoms with Crippen LogP contribution >= 0.6 is 0 Å². The molecule has 0 saturated carbocycles. The maximum atomic E-state index is 12.1. The Morgan fingerprint density at radius 3 is 2.67 bits per heavy atom. The Balaban J connectivity index is 2.74. The molecule has 1 amide bonds. The lowest BCUT2D eigenvalue weighted by Gasteiger charge is -2.12. The zero-order chi connectivity index (χ0) is 16.0. The van der Waals surface area contributed by atoms with Gasteiger partial charge in [0.15, 0.2) is 0 Å². The van der Waals surface area contributed by atoms with Gasteiger partial charge in [-0.2, -0.15) is 0 Å². The van der Waals surface area contributed by atoms with Crippen LogP contribution in [0.3, 0.4) is 0 Å². The fraction of sp³-hybridized carbons (Fsp3) is 0.429. The first-order chi connectivity index (χ1) is 9.85.